The number of nitrogens with zero attached hydrogens (tertiary/aromatic N) is 4. The van der Waals surface area contributed by atoms with Crippen LogP contribution < -0.4 is 15.8 Å². The fourth-order valence-corrected chi connectivity index (χ4v) is 5.18. The van der Waals surface area contributed by atoms with Crippen LogP contribution in [-0.4, -0.2) is 64.4 Å². The Labute approximate surface area is 187 Å². The number of carbonyl (C=O) groups excluding carboxylic acids is 1. The molecular weight excluding hydrogens is 404 g/mol. The highest BCUT2D eigenvalue weighted by Crippen LogP contribution is 2.31. The molecule has 32 heavy (non-hydrogen) atoms. The molecule has 2 aliphatic rings. The van der Waals surface area contributed by atoms with Gasteiger partial charge in [0.25, 0.3) is 11.5 Å². The van der Waals surface area contributed by atoms with Crippen molar-refractivity contribution >= 4 is 17.1 Å². The Bertz CT molecular complexity index is 1170. The Kier molecular flexibility index (Phi) is 5.46. The lowest BCUT2D eigenvalue weighted by molar-refractivity contribution is 0.0958. The average molecular weight is 435 g/mol. The largest absolute Gasteiger partial charge is 0.370 e. The van der Waals surface area contributed by atoms with Gasteiger partial charge in [-0.3, -0.25) is 14.5 Å². The van der Waals surface area contributed by atoms with Crippen LogP contribution in [0.25, 0.3) is 5.52 Å². The Morgan fingerprint density at radius 3 is 2.66 bits per heavy atom. The van der Waals surface area contributed by atoms with Gasteiger partial charge in [-0.1, -0.05) is 0 Å². The van der Waals surface area contributed by atoms with Crippen molar-refractivity contribution in [3.8, 4) is 0 Å². The van der Waals surface area contributed by atoms with E-state index in [9.17, 15) is 9.59 Å². The normalized spacial score (nSPS) is 20.2. The lowest BCUT2D eigenvalue weighted by Crippen LogP contribution is -2.44. The Hall–Kier alpha value is -3.13. The van der Waals surface area contributed by atoms with Crippen LogP contribution in [0.3, 0.4) is 0 Å². The van der Waals surface area contributed by atoms with Gasteiger partial charge in [-0.2, -0.15) is 0 Å². The molecule has 0 saturated carbocycles. The van der Waals surface area contributed by atoms with Gasteiger partial charge in [0, 0.05) is 56.2 Å². The molecule has 0 spiro atoms. The minimum atomic E-state index is -0.161. The van der Waals surface area contributed by atoms with Crippen LogP contribution in [0.4, 0.5) is 5.69 Å². The average Bonchev–Trinajstić information content (AvgIpc) is 3.47. The van der Waals surface area contributed by atoms with Crippen molar-refractivity contribution in [3.05, 3.63) is 64.1 Å². The molecule has 2 N–H and O–H groups in total. The van der Waals surface area contributed by atoms with E-state index in [4.69, 9.17) is 0 Å². The molecule has 3 aromatic heterocycles. The van der Waals surface area contributed by atoms with Gasteiger partial charge in [0.1, 0.15) is 11.2 Å². The van der Waals surface area contributed by atoms with Crippen molar-refractivity contribution in [2.24, 2.45) is 0 Å². The van der Waals surface area contributed by atoms with Crippen molar-refractivity contribution < 1.29 is 4.79 Å². The summed E-state index contributed by atoms with van der Waals surface area (Å²) < 4.78 is 2.01. The summed E-state index contributed by atoms with van der Waals surface area (Å²) in [6.07, 6.45) is 7.20. The number of H-pyrrole nitrogens is 1. The van der Waals surface area contributed by atoms with Gasteiger partial charge in [-0.25, -0.2) is 4.98 Å². The molecule has 5 heterocycles. The molecule has 1 atom stereocenters. The van der Waals surface area contributed by atoms with Gasteiger partial charge in [-0.05, 0) is 57.0 Å². The molecule has 0 bridgehead atoms. The minimum absolute atomic E-state index is 0.00148. The van der Waals surface area contributed by atoms with Crippen molar-refractivity contribution in [1.29, 1.82) is 0 Å². The summed E-state index contributed by atoms with van der Waals surface area (Å²) in [6, 6.07) is 8.21. The van der Waals surface area contributed by atoms with Crippen molar-refractivity contribution in [2.75, 3.05) is 38.1 Å². The SMILES string of the molecule is CNC(=O)c1ccc(N2CCC(N3CC[C@@H](c4cn5c(C)ccc5c(=O)[nH]4)C3)CC2)cn1. The summed E-state index contributed by atoms with van der Waals surface area (Å²) in [5, 5.41) is 2.60. The third-order valence-corrected chi connectivity index (χ3v) is 7.09. The molecule has 2 saturated heterocycles. The van der Waals surface area contributed by atoms with Crippen LogP contribution in [0.2, 0.25) is 0 Å². The van der Waals surface area contributed by atoms with Crippen molar-refractivity contribution in [1.82, 2.24) is 24.6 Å². The molecule has 0 unspecified atom stereocenters. The maximum atomic E-state index is 12.5. The van der Waals surface area contributed by atoms with Crippen LogP contribution in [0, 0.1) is 6.92 Å². The van der Waals surface area contributed by atoms with Crippen LogP contribution in [0.1, 0.15) is 47.1 Å². The summed E-state index contributed by atoms with van der Waals surface area (Å²) in [7, 11) is 1.61. The number of piperidine rings is 1. The fraction of sp³-hybridized carbons (Fsp3) is 0.458. The first-order valence-electron chi connectivity index (χ1n) is 11.4. The molecule has 8 nitrogen and oxygen atoms in total. The molecular formula is C24H30N6O2. The van der Waals surface area contributed by atoms with E-state index < -0.39 is 0 Å². The number of hydrogen-bond acceptors (Lipinski definition) is 5. The molecule has 1 amide bonds. The van der Waals surface area contributed by atoms with E-state index in [0.717, 1.165) is 62.5 Å². The predicted molar refractivity (Wildman–Crippen MR) is 125 cm³/mol. The Balaban J connectivity index is 1.21. The third kappa shape index (κ3) is 3.79. The fourth-order valence-electron chi connectivity index (χ4n) is 5.18. The maximum Gasteiger partial charge on any atom is 0.272 e. The van der Waals surface area contributed by atoms with Gasteiger partial charge in [0.05, 0.1) is 11.9 Å². The molecule has 2 aliphatic heterocycles. The molecule has 0 aliphatic carbocycles. The molecule has 0 aromatic carbocycles. The van der Waals surface area contributed by atoms with E-state index in [1.54, 1.807) is 19.3 Å². The number of hydrogen-bond donors (Lipinski definition) is 2. The zero-order valence-corrected chi connectivity index (χ0v) is 18.7. The number of aromatic amines is 1. The van der Waals surface area contributed by atoms with E-state index in [-0.39, 0.29) is 11.5 Å². The molecule has 2 fully saturated rings. The first-order chi connectivity index (χ1) is 15.5. The summed E-state index contributed by atoms with van der Waals surface area (Å²) in [6.45, 7) is 6.07. The van der Waals surface area contributed by atoms with E-state index in [0.29, 0.717) is 23.2 Å². The summed E-state index contributed by atoms with van der Waals surface area (Å²) in [5.74, 6) is 0.208. The number of nitrogens with one attached hydrogen (secondary N) is 2. The van der Waals surface area contributed by atoms with Gasteiger partial charge in [0.2, 0.25) is 0 Å². The number of likely N-dealkylation sites (tertiary alicyclic amines) is 1. The van der Waals surface area contributed by atoms with Crippen LogP contribution in [-0.2, 0) is 0 Å². The zero-order valence-electron chi connectivity index (χ0n) is 18.7. The lowest BCUT2D eigenvalue weighted by Gasteiger charge is -2.37. The topological polar surface area (TPSA) is 85.7 Å². The van der Waals surface area contributed by atoms with E-state index in [1.807, 2.05) is 29.5 Å². The van der Waals surface area contributed by atoms with Crippen LogP contribution in [0.5, 0.6) is 0 Å². The maximum absolute atomic E-state index is 12.5. The number of pyridine rings is 1. The molecule has 168 valence electrons. The van der Waals surface area contributed by atoms with Gasteiger partial charge in [0.15, 0.2) is 0 Å². The third-order valence-electron chi connectivity index (χ3n) is 7.09. The lowest BCUT2D eigenvalue weighted by atomic mass is 10.0. The number of anilines is 1. The highest BCUT2D eigenvalue weighted by molar-refractivity contribution is 5.92. The zero-order chi connectivity index (χ0) is 22.2. The summed E-state index contributed by atoms with van der Waals surface area (Å²) in [5.41, 5.74) is 4.37. The number of amides is 1. The van der Waals surface area contributed by atoms with Crippen LogP contribution >= 0.6 is 0 Å². The second kappa shape index (κ2) is 8.43. The van der Waals surface area contributed by atoms with Crippen molar-refractivity contribution in [2.45, 2.75) is 38.1 Å². The number of carbonyl (C=O) groups is 1. The standard InChI is InChI=1S/C24H30N6O2/c1-16-3-6-22-24(32)27-21(15-30(16)22)17-7-10-29(14-17)18-8-11-28(12-9-18)19-4-5-20(26-13-19)23(31)25-2/h3-6,13,15,17-18H,7-12,14H2,1-2H3,(H,25,31)(H,27,32)/t17-/m1/s1. The Morgan fingerprint density at radius 2 is 1.94 bits per heavy atom. The molecule has 5 rings (SSSR count). The van der Waals surface area contributed by atoms with Gasteiger partial charge in [-0.15, -0.1) is 0 Å². The van der Waals surface area contributed by atoms with E-state index in [2.05, 4.69) is 31.3 Å². The Morgan fingerprint density at radius 1 is 1.12 bits per heavy atom. The number of fused-ring (bicyclic) bond motifs is 1. The predicted octanol–water partition coefficient (Wildman–Crippen LogP) is 2.15. The number of aryl methyl sites for hydroxylation is 1. The number of rotatable bonds is 4. The highest BCUT2D eigenvalue weighted by atomic mass is 16.1. The molecule has 3 aromatic rings. The quantitative estimate of drug-likeness (QED) is 0.657. The second-order valence-electron chi connectivity index (χ2n) is 8.95. The smallest absolute Gasteiger partial charge is 0.272 e. The van der Waals surface area contributed by atoms with Gasteiger partial charge < -0.3 is 19.6 Å². The van der Waals surface area contributed by atoms with Gasteiger partial charge >= 0.3 is 0 Å². The molecule has 8 heteroatoms. The second-order valence-corrected chi connectivity index (χ2v) is 8.95. The first-order valence-corrected chi connectivity index (χ1v) is 11.4. The van der Waals surface area contributed by atoms with Crippen molar-refractivity contribution in [3.63, 3.8) is 0 Å². The highest BCUT2D eigenvalue weighted by Gasteiger charge is 2.32. The number of aromatic nitrogens is 3. The monoisotopic (exact) mass is 434 g/mol. The first kappa shape index (κ1) is 20.8. The minimum Gasteiger partial charge on any atom is -0.370 e. The summed E-state index contributed by atoms with van der Waals surface area (Å²) in [4.78, 5) is 36.5. The van der Waals surface area contributed by atoms with Crippen LogP contribution in [0.15, 0.2) is 41.5 Å². The van der Waals surface area contributed by atoms with E-state index in [1.165, 1.54) is 0 Å². The van der Waals surface area contributed by atoms with E-state index >= 15 is 0 Å². The summed E-state index contributed by atoms with van der Waals surface area (Å²) >= 11 is 0. The molecule has 0 radical (unpaired) electrons.